The molecule has 0 aliphatic carbocycles. The molecule has 2 atom stereocenters. The van der Waals surface area contributed by atoms with E-state index in [1.54, 1.807) is 13.0 Å². The molecule has 0 radical (unpaired) electrons. The van der Waals surface area contributed by atoms with E-state index < -0.39 is 0 Å². The van der Waals surface area contributed by atoms with Crippen LogP contribution in [0.15, 0.2) is 42.5 Å². The predicted molar refractivity (Wildman–Crippen MR) is 82.1 cm³/mol. The molecule has 110 valence electrons. The first-order valence-corrected chi connectivity index (χ1v) is 7.37. The summed E-state index contributed by atoms with van der Waals surface area (Å²) in [4.78, 5) is 0. The van der Waals surface area contributed by atoms with E-state index in [4.69, 9.17) is 4.74 Å². The van der Waals surface area contributed by atoms with Crippen LogP contribution in [0.1, 0.15) is 29.7 Å². The van der Waals surface area contributed by atoms with E-state index in [1.165, 1.54) is 5.56 Å². The zero-order chi connectivity index (χ0) is 14.8. The van der Waals surface area contributed by atoms with Gasteiger partial charge in [0.05, 0.1) is 0 Å². The minimum absolute atomic E-state index is 0.104. The van der Waals surface area contributed by atoms with E-state index in [0.29, 0.717) is 5.56 Å². The van der Waals surface area contributed by atoms with Crippen LogP contribution in [0, 0.1) is 12.7 Å². The third-order valence-corrected chi connectivity index (χ3v) is 4.06. The molecule has 1 heterocycles. The van der Waals surface area contributed by atoms with Crippen LogP contribution in [0.4, 0.5) is 4.39 Å². The number of benzene rings is 2. The van der Waals surface area contributed by atoms with Crippen molar-refractivity contribution in [1.82, 2.24) is 5.32 Å². The number of hydrogen-bond acceptors (Lipinski definition) is 2. The Hall–Kier alpha value is -1.87. The van der Waals surface area contributed by atoms with Crippen LogP contribution in [0.5, 0.6) is 5.75 Å². The molecule has 0 saturated carbocycles. The molecule has 0 amide bonds. The van der Waals surface area contributed by atoms with Crippen molar-refractivity contribution in [1.29, 1.82) is 0 Å². The van der Waals surface area contributed by atoms with Gasteiger partial charge in [-0.1, -0.05) is 30.3 Å². The highest BCUT2D eigenvalue weighted by atomic mass is 19.1. The van der Waals surface area contributed by atoms with Crippen LogP contribution in [0.2, 0.25) is 0 Å². The van der Waals surface area contributed by atoms with Crippen molar-refractivity contribution in [3.05, 3.63) is 65.0 Å². The van der Waals surface area contributed by atoms with E-state index in [9.17, 15) is 4.39 Å². The van der Waals surface area contributed by atoms with E-state index in [1.807, 2.05) is 37.3 Å². The molecule has 2 unspecified atom stereocenters. The molecule has 0 spiro atoms. The molecule has 0 saturated heterocycles. The van der Waals surface area contributed by atoms with Crippen LogP contribution < -0.4 is 10.1 Å². The maximum atomic E-state index is 13.6. The largest absolute Gasteiger partial charge is 0.488 e. The van der Waals surface area contributed by atoms with Gasteiger partial charge in [0.2, 0.25) is 0 Å². The third kappa shape index (κ3) is 3.08. The van der Waals surface area contributed by atoms with Crippen molar-refractivity contribution in [2.45, 2.75) is 32.4 Å². The summed E-state index contributed by atoms with van der Waals surface area (Å²) in [6.07, 6.45) is 1.08. The maximum Gasteiger partial charge on any atom is 0.126 e. The highest BCUT2D eigenvalue weighted by Gasteiger charge is 2.22. The second-order valence-electron chi connectivity index (χ2n) is 5.69. The smallest absolute Gasteiger partial charge is 0.126 e. The zero-order valence-electron chi connectivity index (χ0n) is 12.4. The standard InChI is InChI=1S/C18H20FNO/c1-12-7-8-14(10-17(12)19)13(2)20-11-16-9-15-5-3-4-6-18(15)21-16/h3-8,10,13,16,20H,9,11H2,1-2H3. The zero-order valence-corrected chi connectivity index (χ0v) is 12.4. The normalized spacial score (nSPS) is 18.1. The van der Waals surface area contributed by atoms with Gasteiger partial charge in [0.1, 0.15) is 17.7 Å². The van der Waals surface area contributed by atoms with Gasteiger partial charge in [-0.15, -0.1) is 0 Å². The fourth-order valence-electron chi connectivity index (χ4n) is 2.67. The fraction of sp³-hybridized carbons (Fsp3) is 0.333. The lowest BCUT2D eigenvalue weighted by atomic mass is 10.1. The molecule has 3 rings (SSSR count). The molecular formula is C18H20FNO. The molecule has 1 aliphatic heterocycles. The fourth-order valence-corrected chi connectivity index (χ4v) is 2.67. The van der Waals surface area contributed by atoms with E-state index >= 15 is 0 Å². The van der Waals surface area contributed by atoms with Gasteiger partial charge >= 0.3 is 0 Å². The Bertz CT molecular complexity index is 616. The monoisotopic (exact) mass is 285 g/mol. The molecule has 2 aromatic rings. The van der Waals surface area contributed by atoms with Crippen LogP contribution in [-0.4, -0.2) is 12.6 Å². The molecule has 1 N–H and O–H groups in total. The minimum Gasteiger partial charge on any atom is -0.488 e. The number of hydrogen-bond donors (Lipinski definition) is 1. The van der Waals surface area contributed by atoms with Crippen molar-refractivity contribution < 1.29 is 9.13 Å². The summed E-state index contributed by atoms with van der Waals surface area (Å²) in [6, 6.07) is 13.7. The first-order valence-electron chi connectivity index (χ1n) is 7.37. The van der Waals surface area contributed by atoms with Crippen molar-refractivity contribution in [3.63, 3.8) is 0 Å². The average Bonchev–Trinajstić information content (AvgIpc) is 2.90. The van der Waals surface area contributed by atoms with E-state index in [-0.39, 0.29) is 18.0 Å². The predicted octanol–water partition coefficient (Wildman–Crippen LogP) is 3.79. The summed E-state index contributed by atoms with van der Waals surface area (Å²) < 4.78 is 19.5. The van der Waals surface area contributed by atoms with Gasteiger partial charge in [-0.05, 0) is 42.7 Å². The highest BCUT2D eigenvalue weighted by molar-refractivity contribution is 5.37. The van der Waals surface area contributed by atoms with Gasteiger partial charge in [0.25, 0.3) is 0 Å². The maximum absolute atomic E-state index is 13.6. The second-order valence-corrected chi connectivity index (χ2v) is 5.69. The quantitative estimate of drug-likeness (QED) is 0.923. The number of aryl methyl sites for hydroxylation is 1. The summed E-state index contributed by atoms with van der Waals surface area (Å²) >= 11 is 0. The molecule has 3 heteroatoms. The van der Waals surface area contributed by atoms with Crippen molar-refractivity contribution in [2.75, 3.05) is 6.54 Å². The van der Waals surface area contributed by atoms with Crippen molar-refractivity contribution in [2.24, 2.45) is 0 Å². The third-order valence-electron chi connectivity index (χ3n) is 4.06. The van der Waals surface area contributed by atoms with Gasteiger partial charge in [0, 0.05) is 19.0 Å². The van der Waals surface area contributed by atoms with Gasteiger partial charge in [-0.25, -0.2) is 4.39 Å². The second kappa shape index (κ2) is 5.86. The number of nitrogens with one attached hydrogen (secondary N) is 1. The topological polar surface area (TPSA) is 21.3 Å². The van der Waals surface area contributed by atoms with E-state index in [2.05, 4.69) is 11.4 Å². The van der Waals surface area contributed by atoms with Crippen LogP contribution in [0.25, 0.3) is 0 Å². The van der Waals surface area contributed by atoms with Gasteiger partial charge in [0.15, 0.2) is 0 Å². The molecule has 0 aromatic heterocycles. The molecule has 0 fully saturated rings. The van der Waals surface area contributed by atoms with E-state index in [0.717, 1.165) is 24.3 Å². The Morgan fingerprint density at radius 3 is 2.86 bits per heavy atom. The summed E-state index contributed by atoms with van der Waals surface area (Å²) in [7, 11) is 0. The number of halogens is 1. The van der Waals surface area contributed by atoms with Crippen LogP contribution in [0.3, 0.4) is 0 Å². The van der Waals surface area contributed by atoms with Gasteiger partial charge < -0.3 is 10.1 Å². The molecule has 2 aromatic carbocycles. The number of fused-ring (bicyclic) bond motifs is 1. The Kier molecular flexibility index (Phi) is 3.93. The SMILES string of the molecule is Cc1ccc(C(C)NCC2Cc3ccccc3O2)cc1F. The molecule has 1 aliphatic rings. The lowest BCUT2D eigenvalue weighted by molar-refractivity contribution is 0.222. The molecule has 21 heavy (non-hydrogen) atoms. The summed E-state index contributed by atoms with van der Waals surface area (Å²) in [5.41, 5.74) is 2.91. The molecule has 0 bridgehead atoms. The Balaban J connectivity index is 1.57. The summed E-state index contributed by atoms with van der Waals surface area (Å²) in [6.45, 7) is 4.58. The Labute approximate surface area is 125 Å². The van der Waals surface area contributed by atoms with Gasteiger partial charge in [-0.2, -0.15) is 0 Å². The molecule has 2 nitrogen and oxygen atoms in total. The first kappa shape index (κ1) is 14.1. The van der Waals surface area contributed by atoms with Crippen molar-refractivity contribution in [3.8, 4) is 5.75 Å². The van der Waals surface area contributed by atoms with Crippen LogP contribution >= 0.6 is 0 Å². The van der Waals surface area contributed by atoms with Crippen molar-refractivity contribution >= 4 is 0 Å². The van der Waals surface area contributed by atoms with Gasteiger partial charge in [-0.3, -0.25) is 0 Å². The molecular weight excluding hydrogens is 265 g/mol. The number of rotatable bonds is 4. The highest BCUT2D eigenvalue weighted by Crippen LogP contribution is 2.28. The first-order chi connectivity index (χ1) is 10.1. The van der Waals surface area contributed by atoms with Crippen LogP contribution in [-0.2, 0) is 6.42 Å². The minimum atomic E-state index is -0.148. The summed E-state index contributed by atoms with van der Waals surface area (Å²) in [5.74, 6) is 0.837. The summed E-state index contributed by atoms with van der Waals surface area (Å²) in [5, 5.41) is 3.43. The number of ether oxygens (including phenoxy) is 1. The number of para-hydroxylation sites is 1. The lowest BCUT2D eigenvalue weighted by Crippen LogP contribution is -2.31. The average molecular weight is 285 g/mol. The Morgan fingerprint density at radius 1 is 1.29 bits per heavy atom. The lowest BCUT2D eigenvalue weighted by Gasteiger charge is -2.18. The Morgan fingerprint density at radius 2 is 2.10 bits per heavy atom.